The van der Waals surface area contributed by atoms with Gasteiger partial charge < -0.3 is 24.1 Å². The third-order valence-electron chi connectivity index (χ3n) is 7.08. The summed E-state index contributed by atoms with van der Waals surface area (Å²) in [7, 11) is 1.32. The predicted octanol–water partition coefficient (Wildman–Crippen LogP) is 2.40. The van der Waals surface area contributed by atoms with Crippen molar-refractivity contribution >= 4 is 17.5 Å². The van der Waals surface area contributed by atoms with E-state index in [1.807, 2.05) is 4.90 Å². The van der Waals surface area contributed by atoms with Crippen molar-refractivity contribution in [3.63, 3.8) is 0 Å². The van der Waals surface area contributed by atoms with E-state index in [4.69, 9.17) is 9.47 Å². The fraction of sp³-hybridized carbons (Fsp3) is 0.407. The number of rotatable bonds is 8. The largest absolute Gasteiger partial charge is 0.573 e. The molecule has 0 bridgehead atoms. The molecule has 41 heavy (non-hydrogen) atoms. The van der Waals surface area contributed by atoms with Gasteiger partial charge in [-0.25, -0.2) is 0 Å². The van der Waals surface area contributed by atoms with Gasteiger partial charge in [-0.05, 0) is 55.7 Å². The van der Waals surface area contributed by atoms with Gasteiger partial charge in [0.2, 0.25) is 0 Å². The van der Waals surface area contributed by atoms with Gasteiger partial charge in [0.15, 0.2) is 5.82 Å². The Kier molecular flexibility index (Phi) is 8.13. The van der Waals surface area contributed by atoms with Crippen molar-refractivity contribution in [2.75, 3.05) is 38.7 Å². The number of pyridine rings is 1. The molecule has 1 saturated heterocycles. The number of benzene rings is 1. The molecular weight excluding hydrogens is 547 g/mol. The van der Waals surface area contributed by atoms with E-state index in [0.29, 0.717) is 56.0 Å². The summed E-state index contributed by atoms with van der Waals surface area (Å²) in [5.41, 5.74) is 1.03. The Morgan fingerprint density at radius 2 is 1.85 bits per heavy atom. The van der Waals surface area contributed by atoms with E-state index < -0.39 is 24.1 Å². The third-order valence-corrected chi connectivity index (χ3v) is 7.08. The van der Waals surface area contributed by atoms with E-state index >= 15 is 0 Å². The van der Waals surface area contributed by atoms with Crippen LogP contribution < -0.4 is 21.2 Å². The monoisotopic (exact) mass is 575 g/mol. The minimum Gasteiger partial charge on any atom is -0.468 e. The number of methoxy groups -OCH3 is 1. The SMILES string of the molecule is COC(=O)C1COCCN1CCn1cccc(Nc2nn(-c3ccc(OC(F)(F)F)cc3)c(=O)c3c2CCC3)c1=O. The molecule has 14 heteroatoms. The number of alkyl halides is 3. The molecule has 3 aromatic rings. The lowest BCUT2D eigenvalue weighted by molar-refractivity contribution is -0.274. The minimum absolute atomic E-state index is 0.216. The highest BCUT2D eigenvalue weighted by atomic mass is 19.4. The van der Waals surface area contributed by atoms with Gasteiger partial charge in [-0.3, -0.25) is 19.3 Å². The van der Waals surface area contributed by atoms with Gasteiger partial charge in [-0.15, -0.1) is 18.3 Å². The second-order valence-electron chi connectivity index (χ2n) is 9.61. The van der Waals surface area contributed by atoms with E-state index in [9.17, 15) is 27.6 Å². The van der Waals surface area contributed by atoms with Gasteiger partial charge in [0, 0.05) is 37.0 Å². The highest BCUT2D eigenvalue weighted by Crippen LogP contribution is 2.28. The number of fused-ring (bicyclic) bond motifs is 1. The first kappa shape index (κ1) is 28.4. The summed E-state index contributed by atoms with van der Waals surface area (Å²) in [5, 5.41) is 7.53. The molecular formula is C27H28F3N5O6. The van der Waals surface area contributed by atoms with Crippen molar-refractivity contribution in [3.05, 3.63) is 74.4 Å². The fourth-order valence-corrected chi connectivity index (χ4v) is 5.07. The van der Waals surface area contributed by atoms with E-state index in [0.717, 1.165) is 23.2 Å². The molecule has 1 aromatic carbocycles. The van der Waals surface area contributed by atoms with E-state index in [-0.39, 0.29) is 29.1 Å². The molecule has 1 N–H and O–H groups in total. The normalized spacial score (nSPS) is 17.2. The summed E-state index contributed by atoms with van der Waals surface area (Å²) < 4.78 is 54.5. The molecule has 1 unspecified atom stereocenters. The standard InChI is InChI=1S/C27H28F3N5O6/c1-39-26(38)22-16-40-15-14-33(22)12-13-34-11-3-6-21(25(34)37)31-23-19-4-2-5-20(19)24(36)35(32-23)17-7-9-18(10-8-17)41-27(28,29)30/h3,6-11,22H,2,4-5,12-16H2,1H3,(H,31,32). The first-order valence-corrected chi connectivity index (χ1v) is 13.0. The fourth-order valence-electron chi connectivity index (χ4n) is 5.07. The number of anilines is 2. The lowest BCUT2D eigenvalue weighted by Gasteiger charge is -2.33. The predicted molar refractivity (Wildman–Crippen MR) is 141 cm³/mol. The molecule has 2 aliphatic rings. The summed E-state index contributed by atoms with van der Waals surface area (Å²) in [4.78, 5) is 40.6. The number of hydrogen-bond donors (Lipinski definition) is 1. The molecule has 1 atom stereocenters. The molecule has 0 radical (unpaired) electrons. The molecule has 5 rings (SSSR count). The van der Waals surface area contributed by atoms with Crippen LogP contribution in [0.3, 0.4) is 0 Å². The molecule has 218 valence electrons. The molecule has 3 heterocycles. The van der Waals surface area contributed by atoms with Crippen LogP contribution in [0.25, 0.3) is 5.69 Å². The number of nitrogens with one attached hydrogen (secondary N) is 1. The Morgan fingerprint density at radius 1 is 1.10 bits per heavy atom. The summed E-state index contributed by atoms with van der Waals surface area (Å²) >= 11 is 0. The maximum absolute atomic E-state index is 13.4. The molecule has 11 nitrogen and oxygen atoms in total. The molecule has 0 saturated carbocycles. The van der Waals surface area contributed by atoms with Crippen molar-refractivity contribution in [2.45, 2.75) is 38.2 Å². The zero-order valence-electron chi connectivity index (χ0n) is 22.1. The zero-order valence-corrected chi connectivity index (χ0v) is 22.1. The van der Waals surface area contributed by atoms with Crippen LogP contribution in [0.15, 0.2) is 52.2 Å². The van der Waals surface area contributed by atoms with Crippen LogP contribution in [-0.4, -0.2) is 71.0 Å². The average Bonchev–Trinajstić information content (AvgIpc) is 3.45. The van der Waals surface area contributed by atoms with E-state index in [2.05, 4.69) is 15.2 Å². The maximum atomic E-state index is 13.4. The average molecular weight is 576 g/mol. The molecule has 1 aliphatic heterocycles. The van der Waals surface area contributed by atoms with Crippen LogP contribution in [-0.2, 0) is 33.7 Å². The van der Waals surface area contributed by atoms with Gasteiger partial charge >= 0.3 is 12.3 Å². The number of nitrogens with zero attached hydrogens (tertiary/aromatic N) is 4. The number of carbonyl (C=O) groups excluding carboxylic acids is 1. The summed E-state index contributed by atoms with van der Waals surface area (Å²) in [5.74, 6) is -0.500. The number of aromatic nitrogens is 3. The quantitative estimate of drug-likeness (QED) is 0.404. The summed E-state index contributed by atoms with van der Waals surface area (Å²) in [6.07, 6.45) is -1.37. The molecule has 1 fully saturated rings. The smallest absolute Gasteiger partial charge is 0.468 e. The lowest BCUT2D eigenvalue weighted by atomic mass is 10.2. The summed E-state index contributed by atoms with van der Waals surface area (Å²) in [6, 6.07) is 7.58. The van der Waals surface area contributed by atoms with Gasteiger partial charge in [0.1, 0.15) is 17.5 Å². The number of esters is 1. The Labute approximate surface area is 232 Å². The molecule has 2 aromatic heterocycles. The Bertz CT molecular complexity index is 1540. The zero-order chi connectivity index (χ0) is 29.1. The maximum Gasteiger partial charge on any atom is 0.573 e. The Morgan fingerprint density at radius 3 is 2.59 bits per heavy atom. The second-order valence-corrected chi connectivity index (χ2v) is 9.61. The summed E-state index contributed by atoms with van der Waals surface area (Å²) in [6.45, 7) is 1.92. The second kappa shape index (κ2) is 11.7. The Hall–Kier alpha value is -4.17. The van der Waals surface area contributed by atoms with Crippen LogP contribution in [0.5, 0.6) is 5.75 Å². The van der Waals surface area contributed by atoms with Gasteiger partial charge in [-0.2, -0.15) is 4.68 Å². The molecule has 0 spiro atoms. The van der Waals surface area contributed by atoms with Gasteiger partial charge in [0.25, 0.3) is 11.1 Å². The van der Waals surface area contributed by atoms with Gasteiger partial charge in [0.05, 0.1) is 26.0 Å². The third kappa shape index (κ3) is 6.28. The number of morpholine rings is 1. The van der Waals surface area contributed by atoms with Crippen molar-refractivity contribution < 1.29 is 32.2 Å². The highest BCUT2D eigenvalue weighted by molar-refractivity contribution is 5.75. The first-order valence-electron chi connectivity index (χ1n) is 13.0. The lowest BCUT2D eigenvalue weighted by Crippen LogP contribution is -2.51. The molecule has 1 aliphatic carbocycles. The van der Waals surface area contributed by atoms with Crippen LogP contribution >= 0.6 is 0 Å². The van der Waals surface area contributed by atoms with E-state index in [1.54, 1.807) is 18.3 Å². The van der Waals surface area contributed by atoms with Crippen molar-refractivity contribution in [1.29, 1.82) is 0 Å². The number of hydrogen-bond acceptors (Lipinski definition) is 9. The van der Waals surface area contributed by atoms with Crippen LogP contribution in [0.4, 0.5) is 24.7 Å². The number of ether oxygens (including phenoxy) is 3. The first-order chi connectivity index (χ1) is 19.6. The van der Waals surface area contributed by atoms with Crippen molar-refractivity contribution in [1.82, 2.24) is 19.2 Å². The van der Waals surface area contributed by atoms with E-state index in [1.165, 1.54) is 23.8 Å². The van der Waals surface area contributed by atoms with Gasteiger partial charge in [-0.1, -0.05) is 0 Å². The number of carbonyl (C=O) groups is 1. The van der Waals surface area contributed by atoms with Crippen molar-refractivity contribution in [2.24, 2.45) is 0 Å². The minimum atomic E-state index is -4.84. The highest BCUT2D eigenvalue weighted by Gasteiger charge is 2.32. The van der Waals surface area contributed by atoms with Crippen molar-refractivity contribution in [3.8, 4) is 11.4 Å². The van der Waals surface area contributed by atoms with Crippen LogP contribution in [0, 0.1) is 0 Å². The van der Waals surface area contributed by atoms with Crippen LogP contribution in [0.2, 0.25) is 0 Å². The molecule has 0 amide bonds. The topological polar surface area (TPSA) is 117 Å². The number of halogens is 3. The van der Waals surface area contributed by atoms with Crippen LogP contribution in [0.1, 0.15) is 17.5 Å². The Balaban J connectivity index is 1.40.